The number of anilines is 1. The summed E-state index contributed by atoms with van der Waals surface area (Å²) in [4.78, 5) is 10.8. The third-order valence-electron chi connectivity index (χ3n) is 1.98. The summed E-state index contributed by atoms with van der Waals surface area (Å²) in [5.41, 5.74) is -0.164. The van der Waals surface area contributed by atoms with Gasteiger partial charge in [0.1, 0.15) is 0 Å². The predicted molar refractivity (Wildman–Crippen MR) is 53.5 cm³/mol. The summed E-state index contributed by atoms with van der Waals surface area (Å²) in [6, 6.07) is 1.90. The fourth-order valence-corrected chi connectivity index (χ4v) is 1.10. The maximum atomic E-state index is 13.1. The zero-order valence-corrected chi connectivity index (χ0v) is 8.61. The minimum atomic E-state index is -1.52. The van der Waals surface area contributed by atoms with Crippen LogP contribution in [0.25, 0.3) is 0 Å². The van der Waals surface area contributed by atoms with Crippen LogP contribution in [0.5, 0.6) is 0 Å². The standard InChI is InChI=1S/C10H11F3N2O/c1-14-8(16)4-5-15-7-3-2-6(11)9(12)10(7)13/h2-3,15H,4-5H2,1H3,(H,14,16). The molecule has 0 saturated carbocycles. The van der Waals surface area contributed by atoms with E-state index in [2.05, 4.69) is 10.6 Å². The summed E-state index contributed by atoms with van der Waals surface area (Å²) < 4.78 is 38.4. The van der Waals surface area contributed by atoms with Gasteiger partial charge in [0.05, 0.1) is 5.69 Å². The number of carbonyl (C=O) groups excluding carboxylic acids is 1. The second-order valence-corrected chi connectivity index (χ2v) is 3.07. The normalized spacial score (nSPS) is 10.0. The molecule has 88 valence electrons. The van der Waals surface area contributed by atoms with Crippen molar-refractivity contribution in [2.45, 2.75) is 6.42 Å². The van der Waals surface area contributed by atoms with Crippen molar-refractivity contribution in [2.75, 3.05) is 18.9 Å². The highest BCUT2D eigenvalue weighted by atomic mass is 19.2. The van der Waals surface area contributed by atoms with E-state index in [-0.39, 0.29) is 24.6 Å². The van der Waals surface area contributed by atoms with Crippen LogP contribution in [0.3, 0.4) is 0 Å². The molecule has 1 amide bonds. The monoisotopic (exact) mass is 232 g/mol. The molecule has 0 atom stereocenters. The van der Waals surface area contributed by atoms with Gasteiger partial charge in [0.15, 0.2) is 17.5 Å². The molecule has 1 aromatic rings. The van der Waals surface area contributed by atoms with Crippen LogP contribution in [-0.4, -0.2) is 19.5 Å². The fraction of sp³-hybridized carbons (Fsp3) is 0.300. The predicted octanol–water partition coefficient (Wildman–Crippen LogP) is 1.65. The van der Waals surface area contributed by atoms with Crippen molar-refractivity contribution >= 4 is 11.6 Å². The maximum Gasteiger partial charge on any atom is 0.221 e. The molecule has 0 bridgehead atoms. The van der Waals surface area contributed by atoms with Gasteiger partial charge in [-0.15, -0.1) is 0 Å². The summed E-state index contributed by atoms with van der Waals surface area (Å²) in [6.45, 7) is 0.141. The molecule has 0 aliphatic heterocycles. The first-order chi connectivity index (χ1) is 7.56. The molecule has 16 heavy (non-hydrogen) atoms. The van der Waals surface area contributed by atoms with Gasteiger partial charge in [-0.2, -0.15) is 0 Å². The quantitative estimate of drug-likeness (QED) is 0.775. The van der Waals surface area contributed by atoms with E-state index in [4.69, 9.17) is 0 Å². The highest BCUT2D eigenvalue weighted by molar-refractivity contribution is 5.76. The highest BCUT2D eigenvalue weighted by Crippen LogP contribution is 2.19. The summed E-state index contributed by atoms with van der Waals surface area (Å²) in [5, 5.41) is 4.88. The molecule has 1 aromatic carbocycles. The van der Waals surface area contributed by atoms with Gasteiger partial charge in [-0.3, -0.25) is 4.79 Å². The average molecular weight is 232 g/mol. The van der Waals surface area contributed by atoms with Crippen molar-refractivity contribution < 1.29 is 18.0 Å². The SMILES string of the molecule is CNC(=O)CCNc1ccc(F)c(F)c1F. The molecule has 0 aliphatic rings. The van der Waals surface area contributed by atoms with E-state index in [9.17, 15) is 18.0 Å². The second kappa shape index (κ2) is 5.39. The van der Waals surface area contributed by atoms with Gasteiger partial charge in [0.2, 0.25) is 5.91 Å². The summed E-state index contributed by atoms with van der Waals surface area (Å²) in [6.07, 6.45) is 0.120. The Morgan fingerprint density at radius 3 is 2.56 bits per heavy atom. The van der Waals surface area contributed by atoms with Crippen LogP contribution >= 0.6 is 0 Å². The Bertz CT molecular complexity index is 396. The molecule has 0 unspecified atom stereocenters. The Labute approximate surface area is 90.6 Å². The minimum Gasteiger partial charge on any atom is -0.382 e. The van der Waals surface area contributed by atoms with Gasteiger partial charge in [-0.05, 0) is 12.1 Å². The van der Waals surface area contributed by atoms with Gasteiger partial charge >= 0.3 is 0 Å². The zero-order chi connectivity index (χ0) is 12.1. The van der Waals surface area contributed by atoms with Crippen LogP contribution in [-0.2, 0) is 4.79 Å². The van der Waals surface area contributed by atoms with Gasteiger partial charge in [0, 0.05) is 20.0 Å². The lowest BCUT2D eigenvalue weighted by Gasteiger charge is -2.07. The molecule has 0 aliphatic carbocycles. The van der Waals surface area contributed by atoms with E-state index in [1.165, 1.54) is 7.05 Å². The molecule has 0 heterocycles. The Hall–Kier alpha value is -1.72. The summed E-state index contributed by atoms with van der Waals surface area (Å²) in [7, 11) is 1.47. The molecule has 0 fully saturated rings. The van der Waals surface area contributed by atoms with E-state index in [1.54, 1.807) is 0 Å². The Morgan fingerprint density at radius 2 is 1.94 bits per heavy atom. The van der Waals surface area contributed by atoms with Gasteiger partial charge in [0.25, 0.3) is 0 Å². The first-order valence-corrected chi connectivity index (χ1v) is 4.64. The smallest absolute Gasteiger partial charge is 0.221 e. The van der Waals surface area contributed by atoms with Crippen LogP contribution in [0.15, 0.2) is 12.1 Å². The molecule has 0 aromatic heterocycles. The second-order valence-electron chi connectivity index (χ2n) is 3.07. The molecule has 1 rings (SSSR count). The highest BCUT2D eigenvalue weighted by Gasteiger charge is 2.12. The average Bonchev–Trinajstić information content (AvgIpc) is 2.29. The lowest BCUT2D eigenvalue weighted by Crippen LogP contribution is -2.21. The Kier molecular flexibility index (Phi) is 4.16. The van der Waals surface area contributed by atoms with Crippen molar-refractivity contribution in [3.05, 3.63) is 29.6 Å². The number of benzene rings is 1. The molecule has 6 heteroatoms. The molecule has 3 nitrogen and oxygen atoms in total. The third-order valence-corrected chi connectivity index (χ3v) is 1.98. The molecule has 0 saturated heterocycles. The minimum absolute atomic E-state index is 0.120. The van der Waals surface area contributed by atoms with E-state index in [0.717, 1.165) is 12.1 Å². The third kappa shape index (κ3) is 2.88. The van der Waals surface area contributed by atoms with Crippen LogP contribution in [0.1, 0.15) is 6.42 Å². The number of halogens is 3. The molecule has 2 N–H and O–H groups in total. The van der Waals surface area contributed by atoms with Crippen molar-refractivity contribution in [2.24, 2.45) is 0 Å². The largest absolute Gasteiger partial charge is 0.382 e. The van der Waals surface area contributed by atoms with Gasteiger partial charge in [-0.25, -0.2) is 13.2 Å². The Balaban J connectivity index is 2.61. The van der Waals surface area contributed by atoms with Crippen molar-refractivity contribution in [1.29, 1.82) is 0 Å². The number of carbonyl (C=O) groups is 1. The van der Waals surface area contributed by atoms with Crippen molar-refractivity contribution in [1.82, 2.24) is 5.32 Å². The number of hydrogen-bond donors (Lipinski definition) is 2. The number of rotatable bonds is 4. The van der Waals surface area contributed by atoms with Crippen LogP contribution in [0.4, 0.5) is 18.9 Å². The van der Waals surface area contributed by atoms with Gasteiger partial charge < -0.3 is 10.6 Å². The first-order valence-electron chi connectivity index (χ1n) is 4.64. The van der Waals surface area contributed by atoms with Gasteiger partial charge in [-0.1, -0.05) is 0 Å². The van der Waals surface area contributed by atoms with E-state index >= 15 is 0 Å². The van der Waals surface area contributed by atoms with Crippen molar-refractivity contribution in [3.8, 4) is 0 Å². The first kappa shape index (κ1) is 12.4. The lowest BCUT2D eigenvalue weighted by molar-refractivity contribution is -0.120. The fourth-order valence-electron chi connectivity index (χ4n) is 1.10. The number of amides is 1. The summed E-state index contributed by atoms with van der Waals surface area (Å²) >= 11 is 0. The lowest BCUT2D eigenvalue weighted by atomic mass is 10.2. The van der Waals surface area contributed by atoms with Crippen molar-refractivity contribution in [3.63, 3.8) is 0 Å². The number of nitrogens with one attached hydrogen (secondary N) is 2. The molecular formula is C10H11F3N2O. The van der Waals surface area contributed by atoms with Crippen LogP contribution in [0.2, 0.25) is 0 Å². The van der Waals surface area contributed by atoms with Crippen LogP contribution < -0.4 is 10.6 Å². The zero-order valence-electron chi connectivity index (χ0n) is 8.61. The maximum absolute atomic E-state index is 13.1. The van der Waals surface area contributed by atoms with Crippen LogP contribution in [0, 0.1) is 17.5 Å². The van der Waals surface area contributed by atoms with E-state index in [1.807, 2.05) is 0 Å². The molecular weight excluding hydrogens is 221 g/mol. The summed E-state index contributed by atoms with van der Waals surface area (Å²) in [5.74, 6) is -4.27. The molecule has 0 spiro atoms. The Morgan fingerprint density at radius 1 is 1.25 bits per heavy atom. The van der Waals surface area contributed by atoms with E-state index in [0.29, 0.717) is 0 Å². The molecule has 0 radical (unpaired) electrons. The van der Waals surface area contributed by atoms with E-state index < -0.39 is 17.5 Å². The number of hydrogen-bond acceptors (Lipinski definition) is 2. The topological polar surface area (TPSA) is 41.1 Å².